The minimum atomic E-state index is 0.560. The minimum Gasteiger partial charge on any atom is -0.358 e. The van der Waals surface area contributed by atoms with Gasteiger partial charge in [-0.25, -0.2) is 0 Å². The fourth-order valence-electron chi connectivity index (χ4n) is 1.68. The van der Waals surface area contributed by atoms with Gasteiger partial charge >= 0.3 is 0 Å². The van der Waals surface area contributed by atoms with E-state index in [0.717, 1.165) is 21.8 Å². The van der Waals surface area contributed by atoms with Crippen LogP contribution in [0.2, 0.25) is 10.0 Å². The Kier molecular flexibility index (Phi) is 5.24. The highest BCUT2D eigenvalue weighted by Crippen LogP contribution is 2.20. The van der Waals surface area contributed by atoms with Gasteiger partial charge < -0.3 is 10.6 Å². The monoisotopic (exact) mass is 324 g/mol. The number of anilines is 1. The molecule has 0 aromatic heterocycles. The lowest BCUT2D eigenvalue weighted by Crippen LogP contribution is -2.28. The van der Waals surface area contributed by atoms with Crippen LogP contribution >= 0.6 is 35.4 Å². The SMILES string of the molecule is Cc1ccc(Cl)cc1NC(=S)NCc1ccc(Cl)cc1. The first kappa shape index (κ1) is 15.1. The van der Waals surface area contributed by atoms with E-state index >= 15 is 0 Å². The van der Waals surface area contributed by atoms with Crippen molar-refractivity contribution >= 4 is 46.2 Å². The largest absolute Gasteiger partial charge is 0.358 e. The van der Waals surface area contributed by atoms with Gasteiger partial charge in [0, 0.05) is 22.3 Å². The first-order valence-electron chi connectivity index (χ1n) is 6.10. The maximum atomic E-state index is 5.97. The van der Waals surface area contributed by atoms with Gasteiger partial charge in [0.05, 0.1) is 0 Å². The Morgan fingerprint density at radius 2 is 1.70 bits per heavy atom. The molecular formula is C15H14Cl2N2S. The van der Waals surface area contributed by atoms with Crippen molar-refractivity contribution in [2.45, 2.75) is 13.5 Å². The van der Waals surface area contributed by atoms with Crippen molar-refractivity contribution < 1.29 is 0 Å². The predicted molar refractivity (Wildman–Crippen MR) is 90.7 cm³/mol. The molecular weight excluding hydrogens is 311 g/mol. The summed E-state index contributed by atoms with van der Waals surface area (Å²) in [6, 6.07) is 13.3. The van der Waals surface area contributed by atoms with E-state index in [1.807, 2.05) is 49.4 Å². The van der Waals surface area contributed by atoms with Gasteiger partial charge in [0.15, 0.2) is 5.11 Å². The lowest BCUT2D eigenvalue weighted by atomic mass is 10.2. The molecule has 0 bridgehead atoms. The Hall–Kier alpha value is -1.29. The van der Waals surface area contributed by atoms with E-state index in [2.05, 4.69) is 10.6 Å². The Morgan fingerprint density at radius 1 is 1.05 bits per heavy atom. The summed E-state index contributed by atoms with van der Waals surface area (Å²) in [6.07, 6.45) is 0. The van der Waals surface area contributed by atoms with Gasteiger partial charge in [0.1, 0.15) is 0 Å². The minimum absolute atomic E-state index is 0.560. The van der Waals surface area contributed by atoms with Crippen molar-refractivity contribution in [2.24, 2.45) is 0 Å². The second-order valence-electron chi connectivity index (χ2n) is 4.39. The molecule has 0 saturated carbocycles. The molecule has 0 aliphatic rings. The summed E-state index contributed by atoms with van der Waals surface area (Å²) >= 11 is 17.1. The van der Waals surface area contributed by atoms with Gasteiger partial charge in [0.25, 0.3) is 0 Å². The number of rotatable bonds is 3. The molecule has 2 aromatic carbocycles. The van der Waals surface area contributed by atoms with E-state index in [9.17, 15) is 0 Å². The average molecular weight is 325 g/mol. The highest BCUT2D eigenvalue weighted by atomic mass is 35.5. The third-order valence-electron chi connectivity index (χ3n) is 2.81. The summed E-state index contributed by atoms with van der Waals surface area (Å²) in [5.41, 5.74) is 3.11. The molecule has 2 rings (SSSR count). The number of aryl methyl sites for hydroxylation is 1. The Morgan fingerprint density at radius 3 is 2.40 bits per heavy atom. The first-order chi connectivity index (χ1) is 9.54. The number of thiocarbonyl (C=S) groups is 1. The van der Waals surface area contributed by atoms with Gasteiger partial charge in [0.2, 0.25) is 0 Å². The van der Waals surface area contributed by atoms with Gasteiger partial charge in [-0.15, -0.1) is 0 Å². The molecule has 0 radical (unpaired) electrons. The molecule has 2 nitrogen and oxygen atoms in total. The summed E-state index contributed by atoms with van der Waals surface area (Å²) in [5.74, 6) is 0. The van der Waals surface area contributed by atoms with Crippen LogP contribution in [0.4, 0.5) is 5.69 Å². The molecule has 0 unspecified atom stereocenters. The summed E-state index contributed by atoms with van der Waals surface area (Å²) in [6.45, 7) is 2.64. The molecule has 0 spiro atoms. The van der Waals surface area contributed by atoms with E-state index in [4.69, 9.17) is 35.4 Å². The third kappa shape index (κ3) is 4.37. The van der Waals surface area contributed by atoms with Crippen LogP contribution in [0.3, 0.4) is 0 Å². The van der Waals surface area contributed by atoms with Crippen molar-refractivity contribution in [3.63, 3.8) is 0 Å². The summed E-state index contributed by atoms with van der Waals surface area (Å²) in [5, 5.41) is 8.26. The van der Waals surface area contributed by atoms with E-state index in [1.165, 1.54) is 0 Å². The number of benzene rings is 2. The molecule has 2 aromatic rings. The topological polar surface area (TPSA) is 24.1 Å². The Balaban J connectivity index is 1.92. The smallest absolute Gasteiger partial charge is 0.171 e. The van der Waals surface area contributed by atoms with E-state index in [0.29, 0.717) is 16.7 Å². The van der Waals surface area contributed by atoms with Crippen molar-refractivity contribution in [1.29, 1.82) is 0 Å². The fourth-order valence-corrected chi connectivity index (χ4v) is 2.16. The van der Waals surface area contributed by atoms with Crippen LogP contribution in [-0.4, -0.2) is 5.11 Å². The maximum Gasteiger partial charge on any atom is 0.171 e. The highest BCUT2D eigenvalue weighted by molar-refractivity contribution is 7.80. The molecule has 20 heavy (non-hydrogen) atoms. The normalized spacial score (nSPS) is 10.2. The molecule has 0 aliphatic carbocycles. The number of hydrogen-bond donors (Lipinski definition) is 2. The van der Waals surface area contributed by atoms with Crippen LogP contribution in [0.5, 0.6) is 0 Å². The highest BCUT2D eigenvalue weighted by Gasteiger charge is 2.02. The fraction of sp³-hybridized carbons (Fsp3) is 0.133. The predicted octanol–water partition coefficient (Wildman–Crippen LogP) is 4.79. The van der Waals surface area contributed by atoms with Crippen molar-refractivity contribution in [1.82, 2.24) is 5.32 Å². The van der Waals surface area contributed by atoms with Crippen molar-refractivity contribution in [3.05, 3.63) is 63.6 Å². The van der Waals surface area contributed by atoms with Crippen molar-refractivity contribution in [3.8, 4) is 0 Å². The van der Waals surface area contributed by atoms with E-state index in [1.54, 1.807) is 0 Å². The van der Waals surface area contributed by atoms with Crippen LogP contribution in [0.15, 0.2) is 42.5 Å². The zero-order valence-corrected chi connectivity index (χ0v) is 13.2. The van der Waals surface area contributed by atoms with Gasteiger partial charge in [-0.2, -0.15) is 0 Å². The quantitative estimate of drug-likeness (QED) is 0.794. The molecule has 0 atom stereocenters. The van der Waals surface area contributed by atoms with Gasteiger partial charge in [-0.3, -0.25) is 0 Å². The number of halogens is 2. The van der Waals surface area contributed by atoms with Crippen LogP contribution < -0.4 is 10.6 Å². The standard InChI is InChI=1S/C15H14Cl2N2S/c1-10-2-5-13(17)8-14(10)19-15(20)18-9-11-3-6-12(16)7-4-11/h2-8H,9H2,1H3,(H2,18,19,20). The first-order valence-corrected chi connectivity index (χ1v) is 7.26. The Bertz CT molecular complexity index is 612. The molecule has 0 fully saturated rings. The van der Waals surface area contributed by atoms with Crippen LogP contribution in [0.25, 0.3) is 0 Å². The number of hydrogen-bond acceptors (Lipinski definition) is 1. The zero-order valence-electron chi connectivity index (χ0n) is 10.9. The van der Waals surface area contributed by atoms with E-state index < -0.39 is 0 Å². The molecule has 0 heterocycles. The van der Waals surface area contributed by atoms with Crippen LogP contribution in [0.1, 0.15) is 11.1 Å². The molecule has 104 valence electrons. The summed E-state index contributed by atoms with van der Waals surface area (Å²) in [7, 11) is 0. The third-order valence-corrected chi connectivity index (χ3v) is 3.55. The molecule has 2 N–H and O–H groups in total. The van der Waals surface area contributed by atoms with Crippen LogP contribution in [0, 0.1) is 6.92 Å². The molecule has 0 saturated heterocycles. The summed E-state index contributed by atoms with van der Waals surface area (Å²) < 4.78 is 0. The molecule has 0 amide bonds. The lowest BCUT2D eigenvalue weighted by molar-refractivity contribution is 0.926. The van der Waals surface area contributed by atoms with Gasteiger partial charge in [-0.05, 0) is 54.5 Å². The van der Waals surface area contributed by atoms with E-state index in [-0.39, 0.29) is 0 Å². The summed E-state index contributed by atoms with van der Waals surface area (Å²) in [4.78, 5) is 0. The lowest BCUT2D eigenvalue weighted by Gasteiger charge is -2.13. The zero-order chi connectivity index (χ0) is 14.5. The Labute approximate surface area is 134 Å². The molecule has 0 aliphatic heterocycles. The number of nitrogens with one attached hydrogen (secondary N) is 2. The maximum absolute atomic E-state index is 5.97. The molecule has 5 heteroatoms. The van der Waals surface area contributed by atoms with Gasteiger partial charge in [-0.1, -0.05) is 41.4 Å². The van der Waals surface area contributed by atoms with Crippen molar-refractivity contribution in [2.75, 3.05) is 5.32 Å². The average Bonchev–Trinajstić information content (AvgIpc) is 2.42. The van der Waals surface area contributed by atoms with Crippen LogP contribution in [-0.2, 0) is 6.54 Å². The second kappa shape index (κ2) is 6.93. The second-order valence-corrected chi connectivity index (χ2v) is 5.67.